The van der Waals surface area contributed by atoms with Gasteiger partial charge in [-0.25, -0.2) is 0 Å². The van der Waals surface area contributed by atoms with Crippen molar-refractivity contribution in [1.82, 2.24) is 4.90 Å². The molecule has 1 saturated heterocycles. The Labute approximate surface area is 125 Å². The third-order valence-corrected chi connectivity index (χ3v) is 3.86. The number of piperidine rings is 1. The average molecular weight is 291 g/mol. The third kappa shape index (κ3) is 3.93. The molecule has 1 aromatic carbocycles. The van der Waals surface area contributed by atoms with Crippen molar-refractivity contribution in [2.75, 3.05) is 17.2 Å². The second-order valence-electron chi connectivity index (χ2n) is 5.23. The van der Waals surface area contributed by atoms with E-state index in [-0.39, 0.29) is 5.91 Å². The molecule has 20 heavy (non-hydrogen) atoms. The van der Waals surface area contributed by atoms with Gasteiger partial charge in [-0.3, -0.25) is 4.79 Å². The number of amides is 1. The van der Waals surface area contributed by atoms with Gasteiger partial charge in [0.1, 0.15) is 0 Å². The van der Waals surface area contributed by atoms with Crippen LogP contribution in [0.2, 0.25) is 0 Å². The van der Waals surface area contributed by atoms with Crippen molar-refractivity contribution in [2.24, 2.45) is 0 Å². The highest BCUT2D eigenvalue weighted by atomic mass is 32.1. The molecule has 0 saturated carbocycles. The Kier molecular flexibility index (Phi) is 4.95. The van der Waals surface area contributed by atoms with Gasteiger partial charge in [-0.1, -0.05) is 0 Å². The molecule has 2 rings (SSSR count). The van der Waals surface area contributed by atoms with Crippen LogP contribution >= 0.6 is 12.2 Å². The minimum Gasteiger partial charge on any atom is -0.346 e. The molecule has 108 valence electrons. The maximum atomic E-state index is 11.0. The van der Waals surface area contributed by atoms with Gasteiger partial charge in [0.2, 0.25) is 5.91 Å². The molecule has 5 heteroatoms. The molecule has 0 spiro atoms. The number of thiocarbonyl (C=S) groups is 1. The van der Waals surface area contributed by atoms with Crippen LogP contribution in [-0.2, 0) is 4.79 Å². The van der Waals surface area contributed by atoms with Gasteiger partial charge in [-0.05, 0) is 62.7 Å². The quantitative estimate of drug-likeness (QED) is 0.821. The summed E-state index contributed by atoms with van der Waals surface area (Å²) < 4.78 is 0. The summed E-state index contributed by atoms with van der Waals surface area (Å²) in [4.78, 5) is 13.2. The zero-order chi connectivity index (χ0) is 14.5. The number of benzene rings is 1. The summed E-state index contributed by atoms with van der Waals surface area (Å²) in [6.07, 6.45) is 3.68. The van der Waals surface area contributed by atoms with Gasteiger partial charge >= 0.3 is 0 Å². The summed E-state index contributed by atoms with van der Waals surface area (Å²) in [7, 11) is 0. The molecule has 1 unspecified atom stereocenters. The van der Waals surface area contributed by atoms with Crippen LogP contribution in [0.25, 0.3) is 0 Å². The molecule has 0 radical (unpaired) electrons. The first-order valence-corrected chi connectivity index (χ1v) is 7.42. The Morgan fingerprint density at radius 2 is 1.80 bits per heavy atom. The summed E-state index contributed by atoms with van der Waals surface area (Å²) in [5.41, 5.74) is 1.74. The smallest absolute Gasteiger partial charge is 0.221 e. The summed E-state index contributed by atoms with van der Waals surface area (Å²) >= 11 is 5.48. The predicted octanol–water partition coefficient (Wildman–Crippen LogP) is 3.22. The number of likely N-dealkylation sites (tertiary alicyclic amines) is 1. The van der Waals surface area contributed by atoms with E-state index < -0.39 is 0 Å². The molecule has 1 aromatic rings. The first-order valence-electron chi connectivity index (χ1n) is 7.01. The zero-order valence-electron chi connectivity index (χ0n) is 12.0. The normalized spacial score (nSPS) is 18.5. The van der Waals surface area contributed by atoms with E-state index in [2.05, 4.69) is 22.5 Å². The van der Waals surface area contributed by atoms with Gasteiger partial charge in [-0.15, -0.1) is 0 Å². The Hall–Kier alpha value is -1.62. The van der Waals surface area contributed by atoms with E-state index in [1.54, 1.807) is 0 Å². The highest BCUT2D eigenvalue weighted by molar-refractivity contribution is 7.80. The van der Waals surface area contributed by atoms with Crippen LogP contribution in [0.4, 0.5) is 11.4 Å². The molecular formula is C15H21N3OS. The van der Waals surface area contributed by atoms with E-state index in [9.17, 15) is 4.79 Å². The van der Waals surface area contributed by atoms with Crippen LogP contribution in [0.1, 0.15) is 33.1 Å². The van der Waals surface area contributed by atoms with Crippen molar-refractivity contribution in [3.05, 3.63) is 24.3 Å². The average Bonchev–Trinajstić information content (AvgIpc) is 2.41. The number of hydrogen-bond acceptors (Lipinski definition) is 2. The molecule has 0 aliphatic carbocycles. The second kappa shape index (κ2) is 6.70. The Morgan fingerprint density at radius 1 is 1.20 bits per heavy atom. The molecule has 1 aliphatic rings. The number of carbonyl (C=O) groups is 1. The molecule has 1 fully saturated rings. The molecule has 0 bridgehead atoms. The fourth-order valence-electron chi connectivity index (χ4n) is 2.44. The SMILES string of the molecule is CC(=O)Nc1ccc(NC(=S)N2CCCCC2C)cc1. The van der Waals surface area contributed by atoms with Crippen molar-refractivity contribution in [3.8, 4) is 0 Å². The van der Waals surface area contributed by atoms with Crippen LogP contribution < -0.4 is 10.6 Å². The van der Waals surface area contributed by atoms with Gasteiger partial charge in [0, 0.05) is 30.9 Å². The van der Waals surface area contributed by atoms with E-state index in [1.165, 1.54) is 26.2 Å². The molecule has 0 aromatic heterocycles. The monoisotopic (exact) mass is 291 g/mol. The highest BCUT2D eigenvalue weighted by Gasteiger charge is 2.20. The van der Waals surface area contributed by atoms with E-state index >= 15 is 0 Å². The van der Waals surface area contributed by atoms with Crippen molar-refractivity contribution >= 4 is 34.6 Å². The van der Waals surface area contributed by atoms with Crippen molar-refractivity contribution < 1.29 is 4.79 Å². The fraction of sp³-hybridized carbons (Fsp3) is 0.467. The Morgan fingerprint density at radius 3 is 2.35 bits per heavy atom. The van der Waals surface area contributed by atoms with Gasteiger partial charge in [0.25, 0.3) is 0 Å². The number of rotatable bonds is 2. The zero-order valence-corrected chi connectivity index (χ0v) is 12.8. The highest BCUT2D eigenvalue weighted by Crippen LogP contribution is 2.19. The third-order valence-electron chi connectivity index (χ3n) is 3.52. The van der Waals surface area contributed by atoms with Crippen LogP contribution in [0.15, 0.2) is 24.3 Å². The van der Waals surface area contributed by atoms with E-state index in [0.717, 1.165) is 23.0 Å². The number of nitrogens with zero attached hydrogens (tertiary/aromatic N) is 1. The predicted molar refractivity (Wildman–Crippen MR) is 87.0 cm³/mol. The van der Waals surface area contributed by atoms with Gasteiger partial charge in [0.15, 0.2) is 5.11 Å². The molecule has 1 amide bonds. The van der Waals surface area contributed by atoms with Gasteiger partial charge in [0.05, 0.1) is 0 Å². The summed E-state index contributed by atoms with van der Waals surface area (Å²) in [6.45, 7) is 4.74. The molecular weight excluding hydrogens is 270 g/mol. The lowest BCUT2D eigenvalue weighted by Crippen LogP contribution is -2.44. The number of anilines is 2. The number of nitrogens with one attached hydrogen (secondary N) is 2. The van der Waals surface area contributed by atoms with Crippen LogP contribution in [-0.4, -0.2) is 28.5 Å². The van der Waals surface area contributed by atoms with Gasteiger partial charge in [-0.2, -0.15) is 0 Å². The Balaban J connectivity index is 1.95. The first-order chi connectivity index (χ1) is 9.56. The number of carbonyl (C=O) groups excluding carboxylic acids is 1. The fourth-order valence-corrected chi connectivity index (χ4v) is 2.82. The molecule has 1 heterocycles. The van der Waals surface area contributed by atoms with Crippen molar-refractivity contribution in [3.63, 3.8) is 0 Å². The first kappa shape index (κ1) is 14.8. The summed E-state index contributed by atoms with van der Waals surface area (Å²) in [6, 6.07) is 8.08. The van der Waals surface area contributed by atoms with Crippen molar-refractivity contribution in [1.29, 1.82) is 0 Å². The molecule has 4 nitrogen and oxygen atoms in total. The maximum Gasteiger partial charge on any atom is 0.221 e. The summed E-state index contributed by atoms with van der Waals surface area (Å²) in [5, 5.41) is 6.79. The molecule has 1 atom stereocenters. The lowest BCUT2D eigenvalue weighted by Gasteiger charge is -2.35. The van der Waals surface area contributed by atoms with Crippen molar-refractivity contribution in [2.45, 2.75) is 39.2 Å². The topological polar surface area (TPSA) is 44.4 Å². The second-order valence-corrected chi connectivity index (χ2v) is 5.61. The number of hydrogen-bond donors (Lipinski definition) is 2. The van der Waals surface area contributed by atoms with E-state index in [1.807, 2.05) is 24.3 Å². The summed E-state index contributed by atoms with van der Waals surface area (Å²) in [5.74, 6) is -0.0663. The molecule has 2 N–H and O–H groups in total. The maximum absolute atomic E-state index is 11.0. The largest absolute Gasteiger partial charge is 0.346 e. The van der Waals surface area contributed by atoms with Crippen LogP contribution in [0, 0.1) is 0 Å². The Bertz CT molecular complexity index is 486. The lowest BCUT2D eigenvalue weighted by atomic mass is 10.0. The van der Waals surface area contributed by atoms with E-state index in [0.29, 0.717) is 6.04 Å². The standard InChI is InChI=1S/C15H21N3OS/c1-11-5-3-4-10-18(11)15(20)17-14-8-6-13(7-9-14)16-12(2)19/h6-9,11H,3-5,10H2,1-2H3,(H,16,19)(H,17,20). The van der Waals surface area contributed by atoms with Gasteiger partial charge < -0.3 is 15.5 Å². The van der Waals surface area contributed by atoms with E-state index in [4.69, 9.17) is 12.2 Å². The minimum absolute atomic E-state index is 0.0663. The molecule has 1 aliphatic heterocycles. The minimum atomic E-state index is -0.0663. The van der Waals surface area contributed by atoms with Crippen LogP contribution in [0.5, 0.6) is 0 Å². The lowest BCUT2D eigenvalue weighted by molar-refractivity contribution is -0.114. The van der Waals surface area contributed by atoms with Crippen LogP contribution in [0.3, 0.4) is 0 Å².